The number of carboxylic acid groups (broad SMARTS) is 1. The van der Waals surface area contributed by atoms with Gasteiger partial charge in [0.1, 0.15) is 6.54 Å². The number of carboxylic acids is 1. The molecule has 0 fully saturated rings. The summed E-state index contributed by atoms with van der Waals surface area (Å²) in [4.78, 5) is 26.3. The van der Waals surface area contributed by atoms with Gasteiger partial charge in [0.15, 0.2) is 0 Å². The predicted molar refractivity (Wildman–Crippen MR) is 114 cm³/mol. The highest BCUT2D eigenvalue weighted by Gasteiger charge is 2.37. The van der Waals surface area contributed by atoms with Crippen LogP contribution in [-0.4, -0.2) is 35.0 Å². The number of hydrogen-bond donors (Lipinski definition) is 1. The summed E-state index contributed by atoms with van der Waals surface area (Å²) in [5.41, 5.74) is 2.95. The average molecular weight is 465 g/mol. The molecule has 2 aromatic carbocycles. The van der Waals surface area contributed by atoms with E-state index < -0.39 is 5.97 Å². The normalized spacial score (nSPS) is 19.5. The molecule has 1 aliphatic heterocycles. The molecule has 0 spiro atoms. The van der Waals surface area contributed by atoms with Crippen LogP contribution in [0.15, 0.2) is 46.9 Å². The maximum atomic E-state index is 13.3. The Hall–Kier alpha value is -1.85. The summed E-state index contributed by atoms with van der Waals surface area (Å²) in [5.74, 6) is -1.38. The molecule has 6 heteroatoms. The Balaban J connectivity index is 2.20. The molecule has 0 radical (unpaired) electrons. The van der Waals surface area contributed by atoms with Gasteiger partial charge in [-0.25, -0.2) is 0 Å². The number of rotatable bonds is 5. The second kappa shape index (κ2) is 8.66. The third kappa shape index (κ3) is 4.41. The summed E-state index contributed by atoms with van der Waals surface area (Å²) in [6.45, 7) is 4.13. The van der Waals surface area contributed by atoms with Gasteiger partial charge in [-0.1, -0.05) is 65.6 Å². The molecular formula is C22H23BrClNO3. The molecule has 2 aromatic rings. The molecule has 3 rings (SSSR count). The fourth-order valence-corrected chi connectivity index (χ4v) is 4.70. The maximum absolute atomic E-state index is 13.3. The minimum atomic E-state index is -1.01. The first-order valence-electron chi connectivity index (χ1n) is 9.32. The van der Waals surface area contributed by atoms with Crippen molar-refractivity contribution < 1.29 is 14.7 Å². The number of carbonyl (C=O) groups excluding carboxylic acids is 1. The zero-order valence-corrected chi connectivity index (χ0v) is 18.2. The Morgan fingerprint density at radius 3 is 2.57 bits per heavy atom. The van der Waals surface area contributed by atoms with E-state index in [-0.39, 0.29) is 24.3 Å². The lowest BCUT2D eigenvalue weighted by Crippen LogP contribution is -2.39. The van der Waals surface area contributed by atoms with Crippen LogP contribution in [0.2, 0.25) is 5.02 Å². The van der Waals surface area contributed by atoms with Crippen molar-refractivity contribution in [1.29, 1.82) is 0 Å². The molecular weight excluding hydrogens is 442 g/mol. The van der Waals surface area contributed by atoms with Crippen LogP contribution >= 0.6 is 27.5 Å². The van der Waals surface area contributed by atoms with E-state index in [1.807, 2.05) is 42.5 Å². The van der Waals surface area contributed by atoms with Crippen molar-refractivity contribution in [3.8, 4) is 0 Å². The van der Waals surface area contributed by atoms with E-state index >= 15 is 0 Å². The van der Waals surface area contributed by atoms with Crippen LogP contribution in [0.1, 0.15) is 48.8 Å². The smallest absolute Gasteiger partial charge is 0.323 e. The second-order valence-corrected chi connectivity index (χ2v) is 8.93. The van der Waals surface area contributed by atoms with Crippen LogP contribution in [0, 0.1) is 5.92 Å². The number of benzene rings is 2. The number of nitrogens with zero attached hydrogens (tertiary/aromatic N) is 1. The zero-order chi connectivity index (χ0) is 20.4. The van der Waals surface area contributed by atoms with Gasteiger partial charge < -0.3 is 10.0 Å². The highest BCUT2D eigenvalue weighted by molar-refractivity contribution is 9.10. The standard InChI is InChI=1S/C22H23BrClNO3/c1-13(2)9-18-15-8-7-14(24)10-17(15)19(16-5-3-4-6-20(16)23)11-25(22(18)28)12-21(26)27/h3-8,10,13,18-19H,9,11-12H2,1-2H3,(H,26,27)/t18-,19-/m1/s1. The molecule has 4 nitrogen and oxygen atoms in total. The summed E-state index contributed by atoms with van der Waals surface area (Å²) in [6.07, 6.45) is 0.659. The fraction of sp³-hybridized carbons (Fsp3) is 0.364. The van der Waals surface area contributed by atoms with E-state index in [4.69, 9.17) is 11.6 Å². The number of halogens is 2. The molecule has 1 amide bonds. The number of hydrogen-bond acceptors (Lipinski definition) is 2. The van der Waals surface area contributed by atoms with Crippen molar-refractivity contribution in [2.75, 3.05) is 13.1 Å². The summed E-state index contributed by atoms with van der Waals surface area (Å²) in [6, 6.07) is 13.5. The number of carbonyl (C=O) groups is 2. The fourth-order valence-electron chi connectivity index (χ4n) is 3.96. The van der Waals surface area contributed by atoms with Crippen LogP contribution in [0.25, 0.3) is 0 Å². The highest BCUT2D eigenvalue weighted by atomic mass is 79.9. The maximum Gasteiger partial charge on any atom is 0.323 e. The minimum Gasteiger partial charge on any atom is -0.480 e. The average Bonchev–Trinajstić information content (AvgIpc) is 2.72. The first-order valence-corrected chi connectivity index (χ1v) is 10.5. The van der Waals surface area contributed by atoms with Crippen molar-refractivity contribution in [2.24, 2.45) is 5.92 Å². The molecule has 0 bridgehead atoms. The van der Waals surface area contributed by atoms with Crippen LogP contribution in [0.3, 0.4) is 0 Å². The lowest BCUT2D eigenvalue weighted by Gasteiger charge is -2.26. The molecule has 0 saturated heterocycles. The largest absolute Gasteiger partial charge is 0.480 e. The zero-order valence-electron chi connectivity index (χ0n) is 15.9. The molecule has 0 aliphatic carbocycles. The van der Waals surface area contributed by atoms with Crippen LogP contribution in [-0.2, 0) is 9.59 Å². The molecule has 0 unspecified atom stereocenters. The number of aliphatic carboxylic acids is 1. The van der Waals surface area contributed by atoms with Crippen LogP contribution in [0.5, 0.6) is 0 Å². The lowest BCUT2D eigenvalue weighted by molar-refractivity contribution is -0.145. The number of fused-ring (bicyclic) bond motifs is 1. The summed E-state index contributed by atoms with van der Waals surface area (Å²) in [5, 5.41) is 10.0. The van der Waals surface area contributed by atoms with Crippen LogP contribution < -0.4 is 0 Å². The molecule has 0 saturated carbocycles. The van der Waals surface area contributed by atoms with Gasteiger partial charge in [-0.15, -0.1) is 0 Å². The quantitative estimate of drug-likeness (QED) is 0.654. The molecule has 148 valence electrons. The Labute approximate surface area is 178 Å². The Kier molecular flexibility index (Phi) is 6.46. The Morgan fingerprint density at radius 2 is 1.93 bits per heavy atom. The van der Waals surface area contributed by atoms with E-state index in [1.54, 1.807) is 0 Å². The highest BCUT2D eigenvalue weighted by Crippen LogP contribution is 2.41. The van der Waals surface area contributed by atoms with Gasteiger partial charge in [0.25, 0.3) is 0 Å². The minimum absolute atomic E-state index is 0.130. The first kappa shape index (κ1) is 20.9. The molecule has 2 atom stereocenters. The SMILES string of the molecule is CC(C)C[C@H]1C(=O)N(CC(=O)O)C[C@H](c2ccccc2Br)c2cc(Cl)ccc21. The summed E-state index contributed by atoms with van der Waals surface area (Å²) < 4.78 is 0.927. The second-order valence-electron chi connectivity index (χ2n) is 7.64. The van der Waals surface area contributed by atoms with Crippen LogP contribution in [0.4, 0.5) is 0 Å². The van der Waals surface area contributed by atoms with Gasteiger partial charge in [0.2, 0.25) is 5.91 Å². The van der Waals surface area contributed by atoms with Gasteiger partial charge in [-0.05, 0) is 47.2 Å². The van der Waals surface area contributed by atoms with Gasteiger partial charge in [-0.3, -0.25) is 9.59 Å². The van der Waals surface area contributed by atoms with E-state index in [1.165, 1.54) is 4.90 Å². The van der Waals surface area contributed by atoms with Gasteiger partial charge in [-0.2, -0.15) is 0 Å². The molecule has 1 heterocycles. The third-order valence-electron chi connectivity index (χ3n) is 5.13. The molecule has 1 aliphatic rings. The van der Waals surface area contributed by atoms with E-state index in [2.05, 4.69) is 29.8 Å². The van der Waals surface area contributed by atoms with Gasteiger partial charge >= 0.3 is 5.97 Å². The Bertz CT molecular complexity index is 899. The number of amides is 1. The summed E-state index contributed by atoms with van der Waals surface area (Å²) in [7, 11) is 0. The molecule has 28 heavy (non-hydrogen) atoms. The molecule has 0 aromatic heterocycles. The monoisotopic (exact) mass is 463 g/mol. The predicted octanol–water partition coefficient (Wildman–Crippen LogP) is 5.29. The topological polar surface area (TPSA) is 57.6 Å². The van der Waals surface area contributed by atoms with Crippen molar-refractivity contribution in [3.05, 3.63) is 68.7 Å². The van der Waals surface area contributed by atoms with Crippen molar-refractivity contribution in [3.63, 3.8) is 0 Å². The lowest BCUT2D eigenvalue weighted by atomic mass is 9.82. The van der Waals surface area contributed by atoms with Gasteiger partial charge in [0, 0.05) is 22.0 Å². The van der Waals surface area contributed by atoms with E-state index in [0.717, 1.165) is 21.2 Å². The van der Waals surface area contributed by atoms with E-state index in [0.29, 0.717) is 23.9 Å². The van der Waals surface area contributed by atoms with Crippen molar-refractivity contribution in [1.82, 2.24) is 4.90 Å². The Morgan fingerprint density at radius 1 is 1.21 bits per heavy atom. The third-order valence-corrected chi connectivity index (χ3v) is 6.08. The summed E-state index contributed by atoms with van der Waals surface area (Å²) >= 11 is 9.94. The van der Waals surface area contributed by atoms with Crippen molar-refractivity contribution in [2.45, 2.75) is 32.1 Å². The first-order chi connectivity index (χ1) is 13.3. The molecule has 1 N–H and O–H groups in total. The van der Waals surface area contributed by atoms with Crippen molar-refractivity contribution >= 4 is 39.4 Å². The van der Waals surface area contributed by atoms with E-state index in [9.17, 15) is 14.7 Å². The van der Waals surface area contributed by atoms with Gasteiger partial charge in [0.05, 0.1) is 5.92 Å².